The summed E-state index contributed by atoms with van der Waals surface area (Å²) in [4.78, 5) is 4.52. The molecule has 0 fully saturated rings. The summed E-state index contributed by atoms with van der Waals surface area (Å²) in [7, 11) is 1.99. The van der Waals surface area contributed by atoms with Crippen molar-refractivity contribution in [3.8, 4) is 6.07 Å². The van der Waals surface area contributed by atoms with E-state index in [1.807, 2.05) is 18.9 Å². The minimum atomic E-state index is -0.0443. The third-order valence-corrected chi connectivity index (χ3v) is 8.25. The van der Waals surface area contributed by atoms with Crippen LogP contribution in [0.25, 0.3) is 0 Å². The van der Waals surface area contributed by atoms with Gasteiger partial charge >= 0.3 is 0 Å². The highest BCUT2D eigenvalue weighted by atomic mass is 15.2. The molecule has 0 saturated carbocycles. The molecule has 38 heavy (non-hydrogen) atoms. The molecule has 0 spiro atoms. The molecule has 3 nitrogen and oxygen atoms in total. The summed E-state index contributed by atoms with van der Waals surface area (Å²) in [6, 6.07) is 20.1. The van der Waals surface area contributed by atoms with Gasteiger partial charge in [0.05, 0.1) is 6.07 Å². The number of para-hydroxylation sites is 2. The molecule has 1 unspecified atom stereocenters. The van der Waals surface area contributed by atoms with Gasteiger partial charge in [0, 0.05) is 47.6 Å². The van der Waals surface area contributed by atoms with Crippen LogP contribution in [0, 0.1) is 17.2 Å². The molecular weight excluding hydrogens is 462 g/mol. The standard InChI is InChI=1S/C35H37N3/c1-6-37(5)24-30(25(2)23-36)27-20-18-26(19-21-27)28-12-11-13-29(22-28)38-33-16-9-7-14-31(33)35(3,4)32-15-8-10-17-34(32)38/h6-10,12,14-18,20-22,26H,1,11,13,19,24H2,2-5H3/b30-25-. The quantitative estimate of drug-likeness (QED) is 0.373. The molecule has 0 saturated heterocycles. The lowest BCUT2D eigenvalue weighted by molar-refractivity contribution is 0.499. The molecule has 1 heterocycles. The van der Waals surface area contributed by atoms with Gasteiger partial charge in [-0.05, 0) is 78.4 Å². The predicted octanol–water partition coefficient (Wildman–Crippen LogP) is 8.49. The second-order valence-electron chi connectivity index (χ2n) is 11.0. The van der Waals surface area contributed by atoms with Gasteiger partial charge in [-0.1, -0.05) is 81.1 Å². The molecule has 3 heteroatoms. The average molecular weight is 500 g/mol. The largest absolute Gasteiger partial charge is 0.377 e. The highest BCUT2D eigenvalue weighted by Gasteiger charge is 2.37. The van der Waals surface area contributed by atoms with Crippen LogP contribution in [0.5, 0.6) is 0 Å². The number of rotatable bonds is 6. The zero-order valence-electron chi connectivity index (χ0n) is 23.0. The Balaban J connectivity index is 1.46. The third-order valence-electron chi connectivity index (χ3n) is 8.25. The van der Waals surface area contributed by atoms with E-state index in [4.69, 9.17) is 0 Å². The summed E-state index contributed by atoms with van der Waals surface area (Å²) in [5.74, 6) is 0.335. The van der Waals surface area contributed by atoms with Crippen molar-refractivity contribution in [2.75, 3.05) is 18.5 Å². The topological polar surface area (TPSA) is 30.3 Å². The van der Waals surface area contributed by atoms with Crippen LogP contribution in [0.2, 0.25) is 0 Å². The highest BCUT2D eigenvalue weighted by Crippen LogP contribution is 2.51. The molecule has 5 rings (SSSR count). The van der Waals surface area contributed by atoms with Gasteiger partial charge in [-0.3, -0.25) is 0 Å². The molecular formula is C35H37N3. The fourth-order valence-electron chi connectivity index (χ4n) is 6.02. The van der Waals surface area contributed by atoms with E-state index in [1.165, 1.54) is 33.8 Å². The normalized spacial score (nSPS) is 20.1. The molecule has 3 aliphatic rings. The smallest absolute Gasteiger partial charge is 0.0947 e. The monoisotopic (exact) mass is 499 g/mol. The minimum Gasteiger partial charge on any atom is -0.377 e. The van der Waals surface area contributed by atoms with Crippen LogP contribution in [-0.2, 0) is 5.41 Å². The van der Waals surface area contributed by atoms with Crippen LogP contribution in [-0.4, -0.2) is 18.5 Å². The number of likely N-dealkylation sites (N-methyl/N-ethyl adjacent to an activating group) is 1. The second-order valence-corrected chi connectivity index (χ2v) is 11.0. The molecule has 0 amide bonds. The van der Waals surface area contributed by atoms with Crippen LogP contribution < -0.4 is 4.90 Å². The lowest BCUT2D eigenvalue weighted by Gasteiger charge is -2.43. The van der Waals surface area contributed by atoms with E-state index in [-0.39, 0.29) is 5.41 Å². The fraction of sp³-hybridized carbons (Fsp3) is 0.286. The molecule has 1 aliphatic heterocycles. The Hall–Kier alpha value is -4.03. The van der Waals surface area contributed by atoms with Gasteiger partial charge in [0.25, 0.3) is 0 Å². The molecule has 0 bridgehead atoms. The van der Waals surface area contributed by atoms with Gasteiger partial charge in [-0.25, -0.2) is 0 Å². The van der Waals surface area contributed by atoms with Gasteiger partial charge in [-0.15, -0.1) is 0 Å². The zero-order chi connectivity index (χ0) is 26.9. The zero-order valence-corrected chi connectivity index (χ0v) is 23.0. The van der Waals surface area contributed by atoms with Crippen molar-refractivity contribution in [1.29, 1.82) is 5.26 Å². The van der Waals surface area contributed by atoms with Crippen LogP contribution >= 0.6 is 0 Å². The Morgan fingerprint density at radius 2 is 1.76 bits per heavy atom. The minimum absolute atomic E-state index is 0.0443. The Morgan fingerprint density at radius 3 is 2.34 bits per heavy atom. The van der Waals surface area contributed by atoms with E-state index in [2.05, 4.69) is 110 Å². The summed E-state index contributed by atoms with van der Waals surface area (Å²) >= 11 is 0. The number of hydrogen-bond donors (Lipinski definition) is 0. The first-order valence-electron chi connectivity index (χ1n) is 13.6. The number of benzene rings is 2. The molecule has 2 aliphatic carbocycles. The van der Waals surface area contributed by atoms with Gasteiger partial charge in [-0.2, -0.15) is 5.26 Å². The van der Waals surface area contributed by atoms with Crippen LogP contribution in [0.3, 0.4) is 0 Å². The Labute approximate surface area is 228 Å². The van der Waals surface area contributed by atoms with Crippen molar-refractivity contribution in [2.45, 2.75) is 45.4 Å². The lowest BCUT2D eigenvalue weighted by Crippen LogP contribution is -2.33. The molecule has 2 aromatic rings. The number of allylic oxidation sites excluding steroid dienone is 8. The average Bonchev–Trinajstić information content (AvgIpc) is 2.96. The van der Waals surface area contributed by atoms with E-state index in [1.54, 1.807) is 6.20 Å². The van der Waals surface area contributed by atoms with E-state index in [9.17, 15) is 5.26 Å². The van der Waals surface area contributed by atoms with Crippen LogP contribution in [0.1, 0.15) is 51.2 Å². The molecule has 2 aromatic carbocycles. The highest BCUT2D eigenvalue weighted by molar-refractivity contribution is 5.81. The van der Waals surface area contributed by atoms with Crippen molar-refractivity contribution < 1.29 is 0 Å². The van der Waals surface area contributed by atoms with Gasteiger partial charge in [0.1, 0.15) is 0 Å². The summed E-state index contributed by atoms with van der Waals surface area (Å²) < 4.78 is 0. The lowest BCUT2D eigenvalue weighted by atomic mass is 9.73. The van der Waals surface area contributed by atoms with Gasteiger partial charge in [0.15, 0.2) is 0 Å². The van der Waals surface area contributed by atoms with Gasteiger partial charge in [0.2, 0.25) is 0 Å². The summed E-state index contributed by atoms with van der Waals surface area (Å²) in [5.41, 5.74) is 11.0. The fourth-order valence-corrected chi connectivity index (χ4v) is 6.02. The molecule has 0 radical (unpaired) electrons. The molecule has 1 atom stereocenters. The van der Waals surface area contributed by atoms with Crippen LogP contribution in [0.15, 0.2) is 120 Å². The maximum atomic E-state index is 9.58. The van der Waals surface area contributed by atoms with Gasteiger partial charge < -0.3 is 9.80 Å². The SMILES string of the molecule is C=CN(C)C/C(C1=CCC(C2=CCCC(N3c4ccccc4C(C)(C)c4ccccc43)=C2)C=C1)=C(\C)C#N. The number of nitrogens with zero attached hydrogens (tertiary/aromatic N) is 3. The van der Waals surface area contributed by atoms with Crippen molar-refractivity contribution in [3.05, 3.63) is 131 Å². The second kappa shape index (κ2) is 10.4. The number of anilines is 2. The van der Waals surface area contributed by atoms with Crippen molar-refractivity contribution in [2.24, 2.45) is 5.92 Å². The van der Waals surface area contributed by atoms with Crippen LogP contribution in [0.4, 0.5) is 11.4 Å². The first-order valence-corrected chi connectivity index (χ1v) is 13.6. The third kappa shape index (κ3) is 4.56. The number of nitriles is 1. The first kappa shape index (κ1) is 25.6. The maximum absolute atomic E-state index is 9.58. The Morgan fingerprint density at radius 1 is 1.11 bits per heavy atom. The van der Waals surface area contributed by atoms with Crippen molar-refractivity contribution in [1.82, 2.24) is 4.90 Å². The molecule has 192 valence electrons. The number of fused-ring (bicyclic) bond motifs is 2. The first-order chi connectivity index (χ1) is 18.3. The predicted molar refractivity (Wildman–Crippen MR) is 159 cm³/mol. The summed E-state index contributed by atoms with van der Waals surface area (Å²) in [6.07, 6.45) is 16.5. The van der Waals surface area contributed by atoms with E-state index >= 15 is 0 Å². The van der Waals surface area contributed by atoms with Crippen molar-refractivity contribution in [3.63, 3.8) is 0 Å². The van der Waals surface area contributed by atoms with E-state index < -0.39 is 0 Å². The molecule has 0 N–H and O–H groups in total. The Bertz CT molecular complexity index is 1400. The summed E-state index contributed by atoms with van der Waals surface area (Å²) in [6.45, 7) is 11.1. The van der Waals surface area contributed by atoms with E-state index in [0.29, 0.717) is 12.5 Å². The van der Waals surface area contributed by atoms with E-state index in [0.717, 1.165) is 36.0 Å². The molecule has 0 aromatic heterocycles. The Kier molecular flexibility index (Phi) is 7.00. The maximum Gasteiger partial charge on any atom is 0.0947 e. The number of hydrogen-bond acceptors (Lipinski definition) is 3. The van der Waals surface area contributed by atoms with Crippen molar-refractivity contribution >= 4 is 11.4 Å². The summed E-state index contributed by atoms with van der Waals surface area (Å²) in [5, 5.41) is 9.58.